The summed E-state index contributed by atoms with van der Waals surface area (Å²) in [7, 11) is 0. The first-order valence-electron chi connectivity index (χ1n) is 3.44. The van der Waals surface area contributed by atoms with Gasteiger partial charge >= 0.3 is 24.8 Å². The summed E-state index contributed by atoms with van der Waals surface area (Å²) in [5, 5.41) is 16.0. The molecule has 0 aliphatic heterocycles. The van der Waals surface area contributed by atoms with Gasteiger partial charge in [0, 0.05) is 10.8 Å². The number of hydrogen-bond donors (Lipinski definition) is 1. The summed E-state index contributed by atoms with van der Waals surface area (Å²) < 4.78 is 4.41. The molecule has 1 heterocycles. The van der Waals surface area contributed by atoms with Crippen molar-refractivity contribution in [3.05, 3.63) is 30.3 Å². The van der Waals surface area contributed by atoms with Crippen molar-refractivity contribution >= 4 is 18.9 Å². The van der Waals surface area contributed by atoms with Gasteiger partial charge in [-0.2, -0.15) is 0 Å². The number of aromatic hydroxyl groups is 1. The Balaban J connectivity index is 0.000000845. The standard InChI is InChI=1S/C8H6N2O2.Li.H/c11-8-7(9-10-12-8)6-4-2-1-3-5-6;;/h1-5,11H;;. The van der Waals surface area contributed by atoms with Crippen molar-refractivity contribution in [2.75, 3.05) is 0 Å². The molecule has 0 aliphatic carbocycles. The molecule has 0 saturated carbocycles. The molecule has 2 rings (SSSR count). The first-order chi connectivity index (χ1) is 5.88. The van der Waals surface area contributed by atoms with Crippen molar-refractivity contribution in [2.24, 2.45) is 0 Å². The van der Waals surface area contributed by atoms with E-state index in [4.69, 9.17) is 5.11 Å². The van der Waals surface area contributed by atoms with Gasteiger partial charge < -0.3 is 5.11 Å². The summed E-state index contributed by atoms with van der Waals surface area (Å²) in [6.07, 6.45) is 0. The Bertz CT molecular complexity index is 375. The molecule has 2 aromatic rings. The molecular formula is C8H7LiN2O2. The van der Waals surface area contributed by atoms with Crippen molar-refractivity contribution in [2.45, 2.75) is 0 Å². The van der Waals surface area contributed by atoms with Gasteiger partial charge in [0.2, 0.25) is 0 Å². The van der Waals surface area contributed by atoms with Crippen LogP contribution in [-0.4, -0.2) is 34.3 Å². The van der Waals surface area contributed by atoms with E-state index >= 15 is 0 Å². The van der Waals surface area contributed by atoms with Crippen LogP contribution in [0.15, 0.2) is 34.9 Å². The van der Waals surface area contributed by atoms with Crippen LogP contribution in [0.2, 0.25) is 0 Å². The molecule has 0 spiro atoms. The molecule has 0 aliphatic rings. The van der Waals surface area contributed by atoms with Gasteiger partial charge in [0.05, 0.1) is 0 Å². The van der Waals surface area contributed by atoms with Gasteiger partial charge in [-0.3, -0.25) is 4.52 Å². The second kappa shape index (κ2) is 4.12. The zero-order chi connectivity index (χ0) is 8.39. The molecule has 1 N–H and O–H groups in total. The molecule has 5 heteroatoms. The molecule has 0 radical (unpaired) electrons. The summed E-state index contributed by atoms with van der Waals surface area (Å²) >= 11 is 0. The van der Waals surface area contributed by atoms with Gasteiger partial charge in [-0.15, -0.1) is 5.10 Å². The molecular weight excluding hydrogens is 163 g/mol. The van der Waals surface area contributed by atoms with E-state index in [-0.39, 0.29) is 24.8 Å². The van der Waals surface area contributed by atoms with Crippen molar-refractivity contribution in [1.82, 2.24) is 10.4 Å². The average Bonchev–Trinajstić information content (AvgIpc) is 2.53. The third-order valence-corrected chi connectivity index (χ3v) is 1.52. The van der Waals surface area contributed by atoms with E-state index in [2.05, 4.69) is 14.9 Å². The van der Waals surface area contributed by atoms with Crippen LogP contribution in [0.5, 0.6) is 5.95 Å². The summed E-state index contributed by atoms with van der Waals surface area (Å²) in [4.78, 5) is 0. The number of hydrogen-bond acceptors (Lipinski definition) is 4. The molecule has 0 bridgehead atoms. The van der Waals surface area contributed by atoms with Crippen LogP contribution in [0.3, 0.4) is 0 Å². The quantitative estimate of drug-likeness (QED) is 0.643. The van der Waals surface area contributed by atoms with E-state index < -0.39 is 0 Å². The fraction of sp³-hybridized carbons (Fsp3) is 0. The zero-order valence-electron chi connectivity index (χ0n) is 6.14. The van der Waals surface area contributed by atoms with Crippen molar-refractivity contribution in [3.8, 4) is 17.2 Å². The topological polar surface area (TPSA) is 59.2 Å². The van der Waals surface area contributed by atoms with E-state index in [1.165, 1.54) is 0 Å². The second-order valence-corrected chi connectivity index (χ2v) is 2.29. The summed E-state index contributed by atoms with van der Waals surface area (Å²) in [6, 6.07) is 9.22. The van der Waals surface area contributed by atoms with E-state index in [0.717, 1.165) is 5.56 Å². The zero-order valence-corrected chi connectivity index (χ0v) is 6.14. The second-order valence-electron chi connectivity index (χ2n) is 2.29. The first-order valence-corrected chi connectivity index (χ1v) is 3.44. The molecule has 1 aromatic heterocycles. The number of aromatic nitrogens is 2. The molecule has 62 valence electrons. The Hall–Kier alpha value is -1.24. The minimum atomic E-state index is -0.249. The normalized spacial score (nSPS) is 9.23. The molecule has 0 fully saturated rings. The van der Waals surface area contributed by atoms with Crippen LogP contribution in [0.4, 0.5) is 0 Å². The predicted molar refractivity (Wildman–Crippen MR) is 48.5 cm³/mol. The Labute approximate surface area is 86.7 Å². The Morgan fingerprint density at radius 3 is 2.38 bits per heavy atom. The Kier molecular flexibility index (Phi) is 3.12. The third-order valence-electron chi connectivity index (χ3n) is 1.52. The maximum absolute atomic E-state index is 9.11. The van der Waals surface area contributed by atoms with Crippen molar-refractivity contribution in [3.63, 3.8) is 0 Å². The van der Waals surface area contributed by atoms with Gasteiger partial charge in [0.25, 0.3) is 0 Å². The number of nitrogens with zero attached hydrogens (tertiary/aromatic N) is 2. The minimum absolute atomic E-state index is 0. The van der Waals surface area contributed by atoms with Crippen LogP contribution in [0.1, 0.15) is 0 Å². The van der Waals surface area contributed by atoms with Crippen LogP contribution in [0.25, 0.3) is 11.3 Å². The molecule has 0 amide bonds. The molecule has 0 unspecified atom stereocenters. The molecule has 1 aromatic carbocycles. The number of benzene rings is 1. The van der Waals surface area contributed by atoms with Crippen LogP contribution in [0, 0.1) is 0 Å². The van der Waals surface area contributed by atoms with Crippen molar-refractivity contribution < 1.29 is 9.63 Å². The van der Waals surface area contributed by atoms with Crippen LogP contribution in [-0.2, 0) is 0 Å². The SMILES string of the molecule is Oc1onnc1-c1ccccc1.[LiH]. The Morgan fingerprint density at radius 2 is 1.85 bits per heavy atom. The van der Waals surface area contributed by atoms with E-state index in [9.17, 15) is 0 Å². The summed E-state index contributed by atoms with van der Waals surface area (Å²) in [5.41, 5.74) is 1.16. The third kappa shape index (κ3) is 1.91. The molecule has 0 saturated heterocycles. The van der Waals surface area contributed by atoms with Crippen LogP contribution >= 0.6 is 0 Å². The van der Waals surface area contributed by atoms with E-state index in [1.54, 1.807) is 0 Å². The maximum atomic E-state index is 9.11. The first kappa shape index (κ1) is 9.84. The summed E-state index contributed by atoms with van der Waals surface area (Å²) in [5.74, 6) is -0.249. The molecule has 4 nitrogen and oxygen atoms in total. The van der Waals surface area contributed by atoms with E-state index in [0.29, 0.717) is 5.69 Å². The van der Waals surface area contributed by atoms with Crippen molar-refractivity contribution in [1.29, 1.82) is 0 Å². The Morgan fingerprint density at radius 1 is 1.15 bits per heavy atom. The molecule has 0 atom stereocenters. The monoisotopic (exact) mass is 170 g/mol. The fourth-order valence-electron chi connectivity index (χ4n) is 0.963. The fourth-order valence-corrected chi connectivity index (χ4v) is 0.963. The average molecular weight is 170 g/mol. The summed E-state index contributed by atoms with van der Waals surface area (Å²) in [6.45, 7) is 0. The van der Waals surface area contributed by atoms with Gasteiger partial charge in [-0.05, 0) is 0 Å². The van der Waals surface area contributed by atoms with Gasteiger partial charge in [-0.1, -0.05) is 30.3 Å². The van der Waals surface area contributed by atoms with Gasteiger partial charge in [0.1, 0.15) is 0 Å². The predicted octanol–water partition coefficient (Wildman–Crippen LogP) is 0.794. The van der Waals surface area contributed by atoms with Gasteiger partial charge in [-0.25, -0.2) is 0 Å². The van der Waals surface area contributed by atoms with Gasteiger partial charge in [0.15, 0.2) is 5.69 Å². The molecule has 13 heavy (non-hydrogen) atoms. The number of rotatable bonds is 1. The van der Waals surface area contributed by atoms with E-state index in [1.807, 2.05) is 30.3 Å². The van der Waals surface area contributed by atoms with Crippen LogP contribution < -0.4 is 0 Å².